The summed E-state index contributed by atoms with van der Waals surface area (Å²) in [6.07, 6.45) is 3.14. The van der Waals surface area contributed by atoms with Crippen LogP contribution in [0.2, 0.25) is 0 Å². The molecule has 40 heavy (non-hydrogen) atoms. The molecule has 3 aliphatic rings. The van der Waals surface area contributed by atoms with E-state index in [4.69, 9.17) is 9.47 Å². The SMILES string of the molecule is CCOc1cc(C2c3sc(=O)[nH]c3SC3C(=O)N(c4ccccc4)C(=O)C32)ccc1OCC(=O)N1CCCCC1. The van der Waals surface area contributed by atoms with Crippen molar-refractivity contribution in [1.82, 2.24) is 9.88 Å². The fourth-order valence-corrected chi connectivity index (χ4v) is 8.20. The summed E-state index contributed by atoms with van der Waals surface area (Å²) in [4.78, 5) is 58.9. The monoisotopic (exact) mass is 579 g/mol. The van der Waals surface area contributed by atoms with Crippen LogP contribution in [0.4, 0.5) is 5.69 Å². The zero-order chi connectivity index (χ0) is 27.8. The molecule has 6 rings (SSSR count). The molecule has 9 nitrogen and oxygen atoms in total. The minimum Gasteiger partial charge on any atom is -0.490 e. The molecule has 0 aliphatic carbocycles. The van der Waals surface area contributed by atoms with Crippen molar-refractivity contribution in [3.63, 3.8) is 0 Å². The molecule has 1 aromatic heterocycles. The Morgan fingerprint density at radius 2 is 1.75 bits per heavy atom. The number of amides is 3. The molecule has 0 spiro atoms. The van der Waals surface area contributed by atoms with Crippen LogP contribution in [0, 0.1) is 5.92 Å². The molecule has 2 saturated heterocycles. The van der Waals surface area contributed by atoms with Crippen molar-refractivity contribution in [3.05, 3.63) is 68.6 Å². The van der Waals surface area contributed by atoms with E-state index in [-0.39, 0.29) is 29.2 Å². The topological polar surface area (TPSA) is 109 Å². The Labute approximate surface area is 239 Å². The number of nitrogens with one attached hydrogen (secondary N) is 1. The molecule has 0 radical (unpaired) electrons. The first-order chi connectivity index (χ1) is 19.5. The van der Waals surface area contributed by atoms with Gasteiger partial charge in [-0.1, -0.05) is 47.4 Å². The van der Waals surface area contributed by atoms with Gasteiger partial charge in [-0.25, -0.2) is 4.90 Å². The molecule has 208 valence electrons. The Bertz CT molecular complexity index is 1500. The molecule has 4 heterocycles. The van der Waals surface area contributed by atoms with E-state index in [1.54, 1.807) is 36.4 Å². The number of carbonyl (C=O) groups excluding carboxylic acids is 3. The molecule has 2 fully saturated rings. The number of nitrogens with zero attached hydrogens (tertiary/aromatic N) is 2. The minimum absolute atomic E-state index is 0.0591. The van der Waals surface area contributed by atoms with Gasteiger partial charge in [0.2, 0.25) is 11.8 Å². The third kappa shape index (κ3) is 4.81. The lowest BCUT2D eigenvalue weighted by molar-refractivity contribution is -0.134. The van der Waals surface area contributed by atoms with Gasteiger partial charge in [0.05, 0.1) is 23.2 Å². The highest BCUT2D eigenvalue weighted by Gasteiger charge is 2.56. The fourth-order valence-electron chi connectivity index (χ4n) is 5.69. The second-order valence-corrected chi connectivity index (χ2v) is 12.1. The van der Waals surface area contributed by atoms with Gasteiger partial charge in [0, 0.05) is 23.9 Å². The molecule has 0 saturated carbocycles. The number of aromatic amines is 1. The van der Waals surface area contributed by atoms with Crippen molar-refractivity contribution >= 4 is 46.5 Å². The third-order valence-electron chi connectivity index (χ3n) is 7.52. The van der Waals surface area contributed by atoms with Crippen LogP contribution in [-0.2, 0) is 14.4 Å². The predicted octanol–water partition coefficient (Wildman–Crippen LogP) is 4.02. The van der Waals surface area contributed by atoms with E-state index in [0.717, 1.165) is 54.1 Å². The Kier molecular flexibility index (Phi) is 7.41. The summed E-state index contributed by atoms with van der Waals surface area (Å²) in [5.41, 5.74) is 1.27. The van der Waals surface area contributed by atoms with Crippen LogP contribution in [0.1, 0.15) is 42.5 Å². The number of hydrogen-bond donors (Lipinski definition) is 1. The van der Waals surface area contributed by atoms with E-state index < -0.39 is 17.1 Å². The van der Waals surface area contributed by atoms with E-state index in [2.05, 4.69) is 4.98 Å². The van der Waals surface area contributed by atoms with Crippen molar-refractivity contribution < 1.29 is 23.9 Å². The first kappa shape index (κ1) is 26.6. The van der Waals surface area contributed by atoms with Gasteiger partial charge in [-0.15, -0.1) is 0 Å². The maximum atomic E-state index is 13.9. The maximum absolute atomic E-state index is 13.9. The number of anilines is 1. The van der Waals surface area contributed by atoms with Gasteiger partial charge in [-0.05, 0) is 56.0 Å². The second kappa shape index (κ2) is 11.1. The molecule has 3 atom stereocenters. The molecule has 11 heteroatoms. The summed E-state index contributed by atoms with van der Waals surface area (Å²) in [7, 11) is 0. The van der Waals surface area contributed by atoms with Crippen molar-refractivity contribution in [1.29, 1.82) is 0 Å². The van der Waals surface area contributed by atoms with E-state index in [9.17, 15) is 19.2 Å². The lowest BCUT2D eigenvalue weighted by Gasteiger charge is -2.30. The number of fused-ring (bicyclic) bond motifs is 2. The van der Waals surface area contributed by atoms with Crippen LogP contribution in [0.25, 0.3) is 0 Å². The standard InChI is InChI=1S/C29H29N3O6S2/c1-2-37-20-15-17(11-12-19(20)38-16-21(33)31-13-7-4-8-14-31)22-23-25(39-26-24(22)40-29(36)30-26)28(35)32(27(23)34)18-9-5-3-6-10-18/h3,5-6,9-12,15,22-23,25H,2,4,7-8,13-14,16H2,1H3,(H,30,36). The quantitative estimate of drug-likeness (QED) is 0.421. The molecule has 3 amide bonds. The molecule has 3 aromatic rings. The number of likely N-dealkylation sites (tertiary alicyclic amines) is 1. The first-order valence-corrected chi connectivity index (χ1v) is 15.2. The molecule has 3 aliphatic heterocycles. The normalized spacial score (nSPS) is 22.2. The fraction of sp³-hybridized carbons (Fsp3) is 0.379. The summed E-state index contributed by atoms with van der Waals surface area (Å²) in [5.74, 6) is -0.999. The van der Waals surface area contributed by atoms with Gasteiger partial charge in [-0.3, -0.25) is 19.2 Å². The molecular formula is C29H29N3O6S2. The van der Waals surface area contributed by atoms with Crippen molar-refractivity contribution in [2.24, 2.45) is 5.92 Å². The van der Waals surface area contributed by atoms with Gasteiger partial charge in [-0.2, -0.15) is 0 Å². The smallest absolute Gasteiger partial charge is 0.305 e. The number of carbonyl (C=O) groups is 3. The molecule has 0 bridgehead atoms. The van der Waals surface area contributed by atoms with Crippen LogP contribution in [0.3, 0.4) is 0 Å². The number of aromatic nitrogens is 1. The number of hydrogen-bond acceptors (Lipinski definition) is 8. The highest BCUT2D eigenvalue weighted by Crippen LogP contribution is 2.53. The Balaban J connectivity index is 1.34. The number of para-hydroxylation sites is 1. The van der Waals surface area contributed by atoms with Gasteiger partial charge in [0.25, 0.3) is 5.91 Å². The van der Waals surface area contributed by atoms with Crippen molar-refractivity contribution in [2.45, 2.75) is 42.4 Å². The Morgan fingerprint density at radius 3 is 2.50 bits per heavy atom. The largest absolute Gasteiger partial charge is 0.490 e. The summed E-state index contributed by atoms with van der Waals surface area (Å²) >= 11 is 2.30. The number of rotatable bonds is 7. The highest BCUT2D eigenvalue weighted by molar-refractivity contribution is 8.00. The molecule has 1 N–H and O–H groups in total. The summed E-state index contributed by atoms with van der Waals surface area (Å²) in [6.45, 7) is 3.63. The zero-order valence-electron chi connectivity index (χ0n) is 22.0. The van der Waals surface area contributed by atoms with E-state index in [0.29, 0.717) is 28.8 Å². The Morgan fingerprint density at radius 1 is 0.975 bits per heavy atom. The molecule has 3 unspecified atom stereocenters. The number of ether oxygens (including phenoxy) is 2. The van der Waals surface area contributed by atoms with Gasteiger partial charge in [0.15, 0.2) is 18.1 Å². The summed E-state index contributed by atoms with van der Waals surface area (Å²) in [5, 5.41) is -0.0631. The second-order valence-electron chi connectivity index (χ2n) is 9.97. The van der Waals surface area contributed by atoms with Gasteiger partial charge < -0.3 is 19.4 Å². The van der Waals surface area contributed by atoms with Crippen molar-refractivity contribution in [2.75, 3.05) is 31.2 Å². The average molecular weight is 580 g/mol. The van der Waals surface area contributed by atoms with Crippen molar-refractivity contribution in [3.8, 4) is 11.5 Å². The van der Waals surface area contributed by atoms with Gasteiger partial charge in [0.1, 0.15) is 5.25 Å². The van der Waals surface area contributed by atoms with Gasteiger partial charge >= 0.3 is 4.87 Å². The summed E-state index contributed by atoms with van der Waals surface area (Å²) < 4.78 is 11.8. The highest BCUT2D eigenvalue weighted by atomic mass is 32.2. The number of piperidine rings is 1. The average Bonchev–Trinajstić information content (AvgIpc) is 3.47. The number of thioether (sulfide) groups is 1. The Hall–Kier alpha value is -3.57. The number of imide groups is 1. The lowest BCUT2D eigenvalue weighted by Crippen LogP contribution is -2.38. The van der Waals surface area contributed by atoms with E-state index >= 15 is 0 Å². The van der Waals surface area contributed by atoms with E-state index in [1.165, 1.54) is 16.7 Å². The predicted molar refractivity (Wildman–Crippen MR) is 152 cm³/mol. The maximum Gasteiger partial charge on any atom is 0.305 e. The van der Waals surface area contributed by atoms with E-state index in [1.807, 2.05) is 24.0 Å². The van der Waals surface area contributed by atoms with Crippen LogP contribution < -0.4 is 19.2 Å². The third-order valence-corrected chi connectivity index (χ3v) is 9.93. The molecule has 2 aromatic carbocycles. The van der Waals surface area contributed by atoms with Crippen LogP contribution in [0.5, 0.6) is 11.5 Å². The molecular weight excluding hydrogens is 550 g/mol. The number of benzene rings is 2. The van der Waals surface area contributed by atoms with Crippen LogP contribution >= 0.6 is 23.1 Å². The number of H-pyrrole nitrogens is 1. The lowest BCUT2D eigenvalue weighted by atomic mass is 9.83. The summed E-state index contributed by atoms with van der Waals surface area (Å²) in [6, 6.07) is 14.3. The minimum atomic E-state index is -0.696. The van der Waals surface area contributed by atoms with Crippen LogP contribution in [0.15, 0.2) is 58.4 Å². The first-order valence-electron chi connectivity index (χ1n) is 13.5. The van der Waals surface area contributed by atoms with Crippen LogP contribution in [-0.4, -0.2) is 59.2 Å². The number of thiazole rings is 1. The zero-order valence-corrected chi connectivity index (χ0v) is 23.6.